The predicted octanol–water partition coefficient (Wildman–Crippen LogP) is 0.316. The first-order valence-electron chi connectivity index (χ1n) is 3.29. The largest absolute Gasteiger partial charge is 0.740 e. The van der Waals surface area contributed by atoms with Crippen molar-refractivity contribution in [3.05, 3.63) is 29.8 Å². The van der Waals surface area contributed by atoms with Gasteiger partial charge in [-0.25, -0.2) is 4.21 Å². The maximum Gasteiger partial charge on any atom is 0.139 e. The molecule has 0 amide bonds. The third-order valence-electron chi connectivity index (χ3n) is 1.32. The predicted molar refractivity (Wildman–Crippen MR) is 43.9 cm³/mol. The fraction of sp³-hybridized carbons (Fsp3) is 0.143. The van der Waals surface area contributed by atoms with Gasteiger partial charge in [0.15, 0.2) is 0 Å². The molecule has 75 valence electrons. The van der Waals surface area contributed by atoms with E-state index in [1.807, 2.05) is 0 Å². The van der Waals surface area contributed by atoms with E-state index in [0.29, 0.717) is 12.3 Å². The minimum Gasteiger partial charge on any atom is -0.740 e. The molecule has 1 unspecified atom stereocenters. The van der Waals surface area contributed by atoms with E-state index in [1.54, 1.807) is 24.3 Å². The van der Waals surface area contributed by atoms with E-state index in [2.05, 4.69) is 4.18 Å². The van der Waals surface area contributed by atoms with Crippen molar-refractivity contribution < 1.29 is 32.4 Å². The normalized spacial score (nSPS) is 11.5. The molecule has 0 fully saturated rings. The van der Waals surface area contributed by atoms with Crippen molar-refractivity contribution in [2.24, 2.45) is 5.73 Å². The van der Waals surface area contributed by atoms with E-state index in [9.17, 15) is 8.76 Å². The smallest absolute Gasteiger partial charge is 0.139 e. The zero-order valence-electron chi connectivity index (χ0n) is 6.56. The molecule has 0 aromatic heterocycles. The van der Waals surface area contributed by atoms with E-state index in [1.165, 1.54) is 0 Å². The van der Waals surface area contributed by atoms with Crippen LogP contribution in [-0.2, 0) is 37.4 Å². The van der Waals surface area contributed by atoms with Gasteiger partial charge in [0.05, 0.1) is 0 Å². The Bertz CT molecular complexity index is 278. The van der Waals surface area contributed by atoms with Gasteiger partial charge in [0.2, 0.25) is 0 Å². The zero-order chi connectivity index (χ0) is 8.97. The monoisotopic (exact) mass is 289 g/mol. The summed E-state index contributed by atoms with van der Waals surface area (Å²) in [5.74, 6) is 0.292. The van der Waals surface area contributed by atoms with E-state index in [4.69, 9.17) is 5.73 Å². The molecule has 0 saturated heterocycles. The summed E-state index contributed by atoms with van der Waals surface area (Å²) in [5.41, 5.74) is 6.27. The van der Waals surface area contributed by atoms with Crippen molar-refractivity contribution in [2.45, 2.75) is 6.54 Å². The summed E-state index contributed by atoms with van der Waals surface area (Å²) in [6.07, 6.45) is 0. The molecule has 0 spiro atoms. The SMILES string of the molecule is NCc1ccc(OS(=O)[O-])cc1.[Rh]. The Balaban J connectivity index is 0.00000144. The first-order chi connectivity index (χ1) is 5.72. The van der Waals surface area contributed by atoms with E-state index in [0.717, 1.165) is 5.56 Å². The van der Waals surface area contributed by atoms with Gasteiger partial charge in [0.25, 0.3) is 0 Å². The summed E-state index contributed by atoms with van der Waals surface area (Å²) in [6, 6.07) is 6.53. The molecule has 0 aliphatic carbocycles. The van der Waals surface area contributed by atoms with Crippen LogP contribution >= 0.6 is 0 Å². The van der Waals surface area contributed by atoms with Gasteiger partial charge in [-0.05, 0) is 17.7 Å². The molecule has 0 aliphatic rings. The van der Waals surface area contributed by atoms with Crippen LogP contribution in [0.1, 0.15) is 5.56 Å². The second-order valence-corrected chi connectivity index (χ2v) is 2.71. The molecule has 0 aliphatic heterocycles. The molecule has 0 saturated carbocycles. The van der Waals surface area contributed by atoms with Gasteiger partial charge in [-0.1, -0.05) is 12.1 Å². The molecule has 2 N–H and O–H groups in total. The second-order valence-electron chi connectivity index (χ2n) is 2.14. The van der Waals surface area contributed by atoms with Gasteiger partial charge < -0.3 is 14.5 Å². The molecule has 1 rings (SSSR count). The fourth-order valence-electron chi connectivity index (χ4n) is 0.760. The molecule has 1 atom stereocenters. The van der Waals surface area contributed by atoms with Crippen molar-refractivity contribution in [3.63, 3.8) is 0 Å². The molecule has 13 heavy (non-hydrogen) atoms. The van der Waals surface area contributed by atoms with Gasteiger partial charge in [-0.3, -0.25) is 0 Å². The molecule has 6 heteroatoms. The van der Waals surface area contributed by atoms with Gasteiger partial charge >= 0.3 is 0 Å². The minimum absolute atomic E-state index is 0. The van der Waals surface area contributed by atoms with Crippen LogP contribution in [0.3, 0.4) is 0 Å². The van der Waals surface area contributed by atoms with Crippen molar-refractivity contribution in [1.82, 2.24) is 0 Å². The number of rotatable bonds is 3. The van der Waals surface area contributed by atoms with Crippen LogP contribution in [0.25, 0.3) is 0 Å². The summed E-state index contributed by atoms with van der Waals surface area (Å²) < 4.78 is 24.5. The van der Waals surface area contributed by atoms with Crippen LogP contribution in [0.15, 0.2) is 24.3 Å². The summed E-state index contributed by atoms with van der Waals surface area (Å²) in [7, 11) is 0. The number of hydrogen-bond donors (Lipinski definition) is 1. The first-order valence-corrected chi connectivity index (χ1v) is 4.29. The fourth-order valence-corrected chi connectivity index (χ4v) is 1.03. The Morgan fingerprint density at radius 2 is 1.92 bits per heavy atom. The van der Waals surface area contributed by atoms with Crippen LogP contribution in [-0.4, -0.2) is 8.76 Å². The topological polar surface area (TPSA) is 75.4 Å². The molecule has 0 heterocycles. The van der Waals surface area contributed by atoms with Crippen molar-refractivity contribution >= 4 is 11.4 Å². The minimum atomic E-state index is -2.51. The van der Waals surface area contributed by atoms with E-state index in [-0.39, 0.29) is 19.5 Å². The summed E-state index contributed by atoms with van der Waals surface area (Å²) in [5, 5.41) is 0. The van der Waals surface area contributed by atoms with Crippen LogP contribution < -0.4 is 9.92 Å². The molecule has 1 radical (unpaired) electrons. The number of benzene rings is 1. The van der Waals surface area contributed by atoms with Crippen LogP contribution in [0.2, 0.25) is 0 Å². The second kappa shape index (κ2) is 6.21. The molecule has 4 nitrogen and oxygen atoms in total. The average molecular weight is 289 g/mol. The standard InChI is InChI=1S/C7H9NO3S.Rh/c8-5-6-1-3-7(4-2-6)11-12(9)10;/h1-4H,5,8H2,(H,9,10);/p-1. The van der Waals surface area contributed by atoms with Crippen LogP contribution in [0.4, 0.5) is 0 Å². The Morgan fingerprint density at radius 1 is 1.38 bits per heavy atom. The Labute approximate surface area is 91.7 Å². The third kappa shape index (κ3) is 4.48. The van der Waals surface area contributed by atoms with Gasteiger partial charge in [-0.2, -0.15) is 0 Å². The molecule has 0 bridgehead atoms. The Hall–Kier alpha value is -0.287. The van der Waals surface area contributed by atoms with Gasteiger partial charge in [0.1, 0.15) is 17.1 Å². The molecule has 1 aromatic rings. The quantitative estimate of drug-likeness (QED) is 0.642. The summed E-state index contributed by atoms with van der Waals surface area (Å²) in [4.78, 5) is 0. The molecular weight excluding hydrogens is 281 g/mol. The third-order valence-corrected chi connectivity index (χ3v) is 1.65. The average Bonchev–Trinajstić information content (AvgIpc) is 2.05. The zero-order valence-corrected chi connectivity index (χ0v) is 9.02. The Morgan fingerprint density at radius 3 is 2.31 bits per heavy atom. The maximum atomic E-state index is 10.1. The van der Waals surface area contributed by atoms with Crippen molar-refractivity contribution in [3.8, 4) is 5.75 Å². The molecule has 1 aromatic carbocycles. The summed E-state index contributed by atoms with van der Waals surface area (Å²) in [6.45, 7) is 0.431. The van der Waals surface area contributed by atoms with Gasteiger partial charge in [0, 0.05) is 26.0 Å². The van der Waals surface area contributed by atoms with Crippen LogP contribution in [0.5, 0.6) is 5.75 Å². The Kier molecular flexibility index (Phi) is 6.07. The van der Waals surface area contributed by atoms with Crippen molar-refractivity contribution in [1.29, 1.82) is 0 Å². The molecular formula is C7H8NO3RhS-. The van der Waals surface area contributed by atoms with E-state index >= 15 is 0 Å². The van der Waals surface area contributed by atoms with Crippen molar-refractivity contribution in [2.75, 3.05) is 0 Å². The number of nitrogens with two attached hydrogens (primary N) is 1. The van der Waals surface area contributed by atoms with Gasteiger partial charge in [-0.15, -0.1) is 0 Å². The maximum absolute atomic E-state index is 10.1. The number of hydrogen-bond acceptors (Lipinski definition) is 4. The van der Waals surface area contributed by atoms with E-state index < -0.39 is 11.4 Å². The summed E-state index contributed by atoms with van der Waals surface area (Å²) >= 11 is -2.51. The first kappa shape index (κ1) is 12.7. The van der Waals surface area contributed by atoms with Crippen LogP contribution in [0, 0.1) is 0 Å².